The third kappa shape index (κ3) is 5.54. The standard InChI is InChI=1S/C15H21NO5S2/c1-4-9-23(20,21)13-8-6-5-7-12(13)22-11(3)14(17)16-10(2)15(18)19/h5-8,10-11H,4,9H2,1-3H3,(H,16,17)(H,18,19)/t10-,11?/m1/s1. The summed E-state index contributed by atoms with van der Waals surface area (Å²) >= 11 is 1.10. The van der Waals surface area contributed by atoms with Crippen LogP contribution in [0.15, 0.2) is 34.1 Å². The van der Waals surface area contributed by atoms with Gasteiger partial charge in [-0.2, -0.15) is 0 Å². The molecule has 8 heteroatoms. The highest BCUT2D eigenvalue weighted by molar-refractivity contribution is 8.01. The first kappa shape index (κ1) is 19.5. The summed E-state index contributed by atoms with van der Waals surface area (Å²) in [7, 11) is -3.40. The minimum atomic E-state index is -3.40. The van der Waals surface area contributed by atoms with Crippen molar-refractivity contribution in [3.8, 4) is 0 Å². The van der Waals surface area contributed by atoms with E-state index in [0.29, 0.717) is 11.3 Å². The van der Waals surface area contributed by atoms with Crippen LogP contribution in [0.4, 0.5) is 0 Å². The van der Waals surface area contributed by atoms with Crippen molar-refractivity contribution in [2.75, 3.05) is 5.75 Å². The van der Waals surface area contributed by atoms with Crippen LogP contribution in [0, 0.1) is 0 Å². The highest BCUT2D eigenvalue weighted by Gasteiger charge is 2.23. The molecule has 0 aliphatic carbocycles. The number of carboxylic acid groups (broad SMARTS) is 1. The molecule has 0 aromatic heterocycles. The summed E-state index contributed by atoms with van der Waals surface area (Å²) in [5.74, 6) is -1.53. The summed E-state index contributed by atoms with van der Waals surface area (Å²) < 4.78 is 24.6. The van der Waals surface area contributed by atoms with Crippen LogP contribution in [-0.2, 0) is 19.4 Å². The number of amides is 1. The Labute approximate surface area is 140 Å². The summed E-state index contributed by atoms with van der Waals surface area (Å²) in [6, 6.07) is 5.53. The molecule has 1 aromatic rings. The largest absolute Gasteiger partial charge is 0.480 e. The van der Waals surface area contributed by atoms with Crippen molar-refractivity contribution in [1.82, 2.24) is 5.32 Å². The zero-order chi connectivity index (χ0) is 17.6. The van der Waals surface area contributed by atoms with Gasteiger partial charge in [-0.15, -0.1) is 11.8 Å². The quantitative estimate of drug-likeness (QED) is 0.688. The van der Waals surface area contributed by atoms with E-state index < -0.39 is 33.0 Å². The summed E-state index contributed by atoms with van der Waals surface area (Å²) in [6.45, 7) is 4.77. The number of carboxylic acids is 1. The summed E-state index contributed by atoms with van der Waals surface area (Å²) in [4.78, 5) is 23.5. The topological polar surface area (TPSA) is 101 Å². The number of nitrogens with one attached hydrogen (secondary N) is 1. The van der Waals surface area contributed by atoms with Gasteiger partial charge >= 0.3 is 5.97 Å². The minimum absolute atomic E-state index is 0.0429. The van der Waals surface area contributed by atoms with Gasteiger partial charge in [0, 0.05) is 4.90 Å². The molecular weight excluding hydrogens is 338 g/mol. The van der Waals surface area contributed by atoms with Crippen LogP contribution in [0.1, 0.15) is 27.2 Å². The molecule has 2 N–H and O–H groups in total. The molecular formula is C15H21NO5S2. The fourth-order valence-electron chi connectivity index (χ4n) is 1.82. The Bertz CT molecular complexity index is 672. The number of hydrogen-bond acceptors (Lipinski definition) is 5. The van der Waals surface area contributed by atoms with E-state index in [1.807, 2.05) is 0 Å². The third-order valence-electron chi connectivity index (χ3n) is 3.06. The molecule has 2 atom stereocenters. The normalized spacial score (nSPS) is 14.0. The lowest BCUT2D eigenvalue weighted by Gasteiger charge is -2.16. The van der Waals surface area contributed by atoms with Gasteiger partial charge in [0.15, 0.2) is 9.84 Å². The summed E-state index contributed by atoms with van der Waals surface area (Å²) in [5, 5.41) is 10.6. The highest BCUT2D eigenvalue weighted by atomic mass is 32.2. The first-order chi connectivity index (χ1) is 10.7. The van der Waals surface area contributed by atoms with Gasteiger partial charge in [-0.05, 0) is 32.4 Å². The molecule has 0 aliphatic heterocycles. The molecule has 1 unspecified atom stereocenters. The van der Waals surface area contributed by atoms with E-state index in [2.05, 4.69) is 5.32 Å². The number of carbonyl (C=O) groups is 2. The first-order valence-corrected chi connectivity index (χ1v) is 9.73. The lowest BCUT2D eigenvalue weighted by Crippen LogP contribution is -2.42. The van der Waals surface area contributed by atoms with E-state index in [-0.39, 0.29) is 10.6 Å². The lowest BCUT2D eigenvalue weighted by atomic mass is 10.3. The van der Waals surface area contributed by atoms with E-state index in [0.717, 1.165) is 11.8 Å². The smallest absolute Gasteiger partial charge is 0.325 e. The molecule has 0 saturated heterocycles. The predicted octanol–water partition coefficient (Wildman–Crippen LogP) is 1.94. The van der Waals surface area contributed by atoms with Crippen LogP contribution in [0.3, 0.4) is 0 Å². The molecule has 1 aromatic carbocycles. The molecule has 0 radical (unpaired) electrons. The van der Waals surface area contributed by atoms with E-state index in [1.54, 1.807) is 32.0 Å². The Morgan fingerprint density at radius 1 is 1.26 bits per heavy atom. The lowest BCUT2D eigenvalue weighted by molar-refractivity contribution is -0.141. The number of rotatable bonds is 8. The van der Waals surface area contributed by atoms with Crippen LogP contribution in [0.5, 0.6) is 0 Å². The van der Waals surface area contributed by atoms with Crippen LogP contribution in [0.2, 0.25) is 0 Å². The van der Waals surface area contributed by atoms with Crippen molar-refractivity contribution < 1.29 is 23.1 Å². The second-order valence-electron chi connectivity index (χ2n) is 5.09. The van der Waals surface area contributed by atoms with Crippen LogP contribution in [0.25, 0.3) is 0 Å². The maximum atomic E-state index is 12.3. The Balaban J connectivity index is 2.93. The average molecular weight is 359 g/mol. The van der Waals surface area contributed by atoms with Crippen LogP contribution < -0.4 is 5.32 Å². The monoisotopic (exact) mass is 359 g/mol. The fraction of sp³-hybridized carbons (Fsp3) is 0.467. The first-order valence-electron chi connectivity index (χ1n) is 7.20. The number of sulfone groups is 1. The van der Waals surface area contributed by atoms with E-state index in [1.165, 1.54) is 13.0 Å². The highest BCUT2D eigenvalue weighted by Crippen LogP contribution is 2.30. The minimum Gasteiger partial charge on any atom is -0.480 e. The van der Waals surface area contributed by atoms with Gasteiger partial charge in [-0.3, -0.25) is 9.59 Å². The fourth-order valence-corrected chi connectivity index (χ4v) is 4.66. The molecule has 128 valence electrons. The Morgan fingerprint density at radius 3 is 2.43 bits per heavy atom. The van der Waals surface area contributed by atoms with Gasteiger partial charge in [0.05, 0.1) is 15.9 Å². The molecule has 23 heavy (non-hydrogen) atoms. The van der Waals surface area contributed by atoms with Crippen molar-refractivity contribution in [2.24, 2.45) is 0 Å². The van der Waals surface area contributed by atoms with Gasteiger partial charge in [0.1, 0.15) is 6.04 Å². The maximum Gasteiger partial charge on any atom is 0.325 e. The molecule has 1 rings (SSSR count). The van der Waals surface area contributed by atoms with Crippen molar-refractivity contribution in [3.63, 3.8) is 0 Å². The van der Waals surface area contributed by atoms with Crippen LogP contribution in [-0.4, -0.2) is 42.4 Å². The Kier molecular flexibility index (Phi) is 7.08. The average Bonchev–Trinajstić information content (AvgIpc) is 2.47. The van der Waals surface area contributed by atoms with E-state index >= 15 is 0 Å². The Morgan fingerprint density at radius 2 is 1.87 bits per heavy atom. The summed E-state index contributed by atoms with van der Waals surface area (Å²) in [6.07, 6.45) is 0.507. The number of aliphatic carboxylic acids is 1. The zero-order valence-corrected chi connectivity index (χ0v) is 14.9. The molecule has 0 spiro atoms. The molecule has 6 nitrogen and oxygen atoms in total. The zero-order valence-electron chi connectivity index (χ0n) is 13.3. The number of carbonyl (C=O) groups excluding carboxylic acids is 1. The number of thioether (sulfide) groups is 1. The number of benzene rings is 1. The third-order valence-corrected chi connectivity index (χ3v) is 6.34. The van der Waals surface area contributed by atoms with Gasteiger partial charge in [0.25, 0.3) is 0 Å². The molecule has 0 bridgehead atoms. The van der Waals surface area contributed by atoms with Crippen molar-refractivity contribution >= 4 is 33.5 Å². The van der Waals surface area contributed by atoms with Crippen molar-refractivity contribution in [2.45, 2.75) is 48.3 Å². The van der Waals surface area contributed by atoms with Gasteiger partial charge in [-0.25, -0.2) is 8.42 Å². The van der Waals surface area contributed by atoms with Gasteiger partial charge in [-0.1, -0.05) is 19.1 Å². The van der Waals surface area contributed by atoms with Crippen molar-refractivity contribution in [3.05, 3.63) is 24.3 Å². The second kappa shape index (κ2) is 8.35. The molecule has 0 aliphatic rings. The van der Waals surface area contributed by atoms with Crippen molar-refractivity contribution in [1.29, 1.82) is 0 Å². The molecule has 0 fully saturated rings. The van der Waals surface area contributed by atoms with Gasteiger partial charge in [0.2, 0.25) is 5.91 Å². The number of hydrogen-bond donors (Lipinski definition) is 2. The van der Waals surface area contributed by atoms with E-state index in [9.17, 15) is 18.0 Å². The molecule has 0 heterocycles. The second-order valence-corrected chi connectivity index (χ2v) is 8.55. The molecule has 1 amide bonds. The van der Waals surface area contributed by atoms with Gasteiger partial charge < -0.3 is 10.4 Å². The summed E-state index contributed by atoms with van der Waals surface area (Å²) in [5.41, 5.74) is 0. The predicted molar refractivity (Wildman–Crippen MR) is 89.3 cm³/mol. The molecule has 0 saturated carbocycles. The van der Waals surface area contributed by atoms with Crippen LogP contribution >= 0.6 is 11.8 Å². The Hall–Kier alpha value is -1.54. The SMILES string of the molecule is CCCS(=O)(=O)c1ccccc1SC(C)C(=O)N[C@H](C)C(=O)O. The maximum absolute atomic E-state index is 12.3. The van der Waals surface area contributed by atoms with E-state index in [4.69, 9.17) is 5.11 Å².